The highest BCUT2D eigenvalue weighted by Gasteiger charge is 2.18. The number of anilines is 1. The maximum atomic E-state index is 13.4. The summed E-state index contributed by atoms with van der Waals surface area (Å²) in [5, 5.41) is 13.8. The molecule has 0 unspecified atom stereocenters. The molecule has 1 aromatic carbocycles. The highest BCUT2D eigenvalue weighted by Crippen LogP contribution is 2.20. The largest absolute Gasteiger partial charge is 0.315 e. The summed E-state index contributed by atoms with van der Waals surface area (Å²) in [4.78, 5) is 12.4. The molecule has 0 bridgehead atoms. The van der Waals surface area contributed by atoms with Crippen LogP contribution in [-0.2, 0) is 0 Å². The fourth-order valence-corrected chi connectivity index (χ4v) is 2.37. The van der Waals surface area contributed by atoms with Gasteiger partial charge in [0.05, 0.1) is 0 Å². The first-order valence-corrected chi connectivity index (χ1v) is 6.32. The molecule has 9 heteroatoms. The predicted octanol–water partition coefficient (Wildman–Crippen LogP) is 2.02. The van der Waals surface area contributed by atoms with Gasteiger partial charge in [-0.2, -0.15) is 4.52 Å². The first-order valence-electron chi connectivity index (χ1n) is 5.50. The molecule has 0 radical (unpaired) electrons. The summed E-state index contributed by atoms with van der Waals surface area (Å²) < 4.78 is 28.3. The highest BCUT2D eigenvalue weighted by molar-refractivity contribution is 7.18. The summed E-state index contributed by atoms with van der Waals surface area (Å²) in [6, 6.07) is 3.33. The summed E-state index contributed by atoms with van der Waals surface area (Å²) in [5.41, 5.74) is -0.500. The van der Waals surface area contributed by atoms with E-state index in [1.54, 1.807) is 6.92 Å². The van der Waals surface area contributed by atoms with Gasteiger partial charge in [0.25, 0.3) is 5.91 Å². The zero-order chi connectivity index (χ0) is 14.3. The number of para-hydroxylation sites is 1. The zero-order valence-electron chi connectivity index (χ0n) is 10.1. The summed E-state index contributed by atoms with van der Waals surface area (Å²) in [6.07, 6.45) is 0. The van der Waals surface area contributed by atoms with E-state index in [-0.39, 0.29) is 5.01 Å². The third-order valence-corrected chi connectivity index (χ3v) is 3.44. The van der Waals surface area contributed by atoms with E-state index in [0.29, 0.717) is 10.8 Å². The molecular formula is C11H7F2N5OS. The normalized spacial score (nSPS) is 10.9. The minimum absolute atomic E-state index is 0.0423. The Morgan fingerprint density at radius 3 is 2.65 bits per heavy atom. The van der Waals surface area contributed by atoms with Crippen molar-refractivity contribution in [1.29, 1.82) is 0 Å². The topological polar surface area (TPSA) is 72.2 Å². The summed E-state index contributed by atoms with van der Waals surface area (Å²) in [6.45, 7) is 1.68. The van der Waals surface area contributed by atoms with Crippen LogP contribution in [0.2, 0.25) is 0 Å². The average Bonchev–Trinajstić information content (AvgIpc) is 2.97. The molecule has 0 fully saturated rings. The number of halogens is 2. The molecule has 0 saturated carbocycles. The number of aryl methyl sites for hydroxylation is 1. The van der Waals surface area contributed by atoms with Crippen LogP contribution in [0.3, 0.4) is 0 Å². The fraction of sp³-hybridized carbons (Fsp3) is 0.0909. The number of carbonyl (C=O) groups is 1. The fourth-order valence-electron chi connectivity index (χ4n) is 1.59. The van der Waals surface area contributed by atoms with Crippen molar-refractivity contribution in [3.8, 4) is 0 Å². The molecule has 102 valence electrons. The van der Waals surface area contributed by atoms with Gasteiger partial charge in [-0.3, -0.25) is 4.79 Å². The Balaban J connectivity index is 1.93. The van der Waals surface area contributed by atoms with Crippen LogP contribution in [0, 0.1) is 18.6 Å². The number of rotatable bonds is 2. The Hall–Kier alpha value is -2.42. The number of nitrogens with one attached hydrogen (secondary N) is 1. The van der Waals surface area contributed by atoms with Gasteiger partial charge in [-0.25, -0.2) is 8.78 Å². The van der Waals surface area contributed by atoms with Gasteiger partial charge in [-0.15, -0.1) is 15.3 Å². The Morgan fingerprint density at radius 2 is 2.00 bits per heavy atom. The van der Waals surface area contributed by atoms with Gasteiger partial charge < -0.3 is 5.32 Å². The number of benzene rings is 1. The second-order valence-corrected chi connectivity index (χ2v) is 4.86. The quantitative estimate of drug-likeness (QED) is 0.785. The van der Waals surface area contributed by atoms with Crippen molar-refractivity contribution in [3.05, 3.63) is 40.7 Å². The van der Waals surface area contributed by atoms with E-state index in [1.165, 1.54) is 10.6 Å². The number of aromatic nitrogens is 4. The molecule has 1 amide bonds. The molecule has 0 saturated heterocycles. The number of nitrogens with zero attached hydrogens (tertiary/aromatic N) is 4. The molecule has 3 rings (SSSR count). The molecule has 2 aromatic heterocycles. The first-order chi connectivity index (χ1) is 9.56. The van der Waals surface area contributed by atoms with Crippen LogP contribution in [-0.4, -0.2) is 25.7 Å². The monoisotopic (exact) mass is 295 g/mol. The lowest BCUT2D eigenvalue weighted by Crippen LogP contribution is -2.14. The number of fused-ring (bicyclic) bond motifs is 1. The second kappa shape index (κ2) is 4.60. The number of hydrogen-bond acceptors (Lipinski definition) is 5. The van der Waals surface area contributed by atoms with Gasteiger partial charge in [0.15, 0.2) is 5.82 Å². The lowest BCUT2D eigenvalue weighted by Gasteiger charge is -2.04. The Morgan fingerprint density at radius 1 is 1.30 bits per heavy atom. The van der Waals surface area contributed by atoms with Crippen LogP contribution >= 0.6 is 11.3 Å². The van der Waals surface area contributed by atoms with Crippen molar-refractivity contribution < 1.29 is 13.6 Å². The Labute approximate surface area is 115 Å². The van der Waals surface area contributed by atoms with Crippen molar-refractivity contribution in [3.63, 3.8) is 0 Å². The van der Waals surface area contributed by atoms with E-state index >= 15 is 0 Å². The van der Waals surface area contributed by atoms with Crippen molar-refractivity contribution in [2.24, 2.45) is 0 Å². The molecule has 20 heavy (non-hydrogen) atoms. The molecular weight excluding hydrogens is 288 g/mol. The molecule has 0 aliphatic carbocycles. The van der Waals surface area contributed by atoms with Gasteiger partial charge in [-0.05, 0) is 19.1 Å². The van der Waals surface area contributed by atoms with E-state index < -0.39 is 23.2 Å². The number of amides is 1. The Kier molecular flexibility index (Phi) is 2.90. The van der Waals surface area contributed by atoms with Crippen LogP contribution in [0.5, 0.6) is 0 Å². The van der Waals surface area contributed by atoms with Crippen molar-refractivity contribution in [2.75, 3.05) is 5.32 Å². The third-order valence-electron chi connectivity index (χ3n) is 2.54. The van der Waals surface area contributed by atoms with Gasteiger partial charge in [0.1, 0.15) is 17.3 Å². The lowest BCUT2D eigenvalue weighted by atomic mass is 10.3. The maximum absolute atomic E-state index is 13.4. The third kappa shape index (κ3) is 2.01. The van der Waals surface area contributed by atoms with E-state index in [0.717, 1.165) is 23.5 Å². The van der Waals surface area contributed by atoms with Crippen LogP contribution in [0.1, 0.15) is 15.6 Å². The van der Waals surface area contributed by atoms with Gasteiger partial charge in [-0.1, -0.05) is 17.4 Å². The van der Waals surface area contributed by atoms with Crippen LogP contribution in [0.25, 0.3) is 4.96 Å². The summed E-state index contributed by atoms with van der Waals surface area (Å²) in [7, 11) is 0. The van der Waals surface area contributed by atoms with E-state index in [2.05, 4.69) is 20.6 Å². The molecule has 0 atom stereocenters. The molecule has 0 aliphatic heterocycles. The van der Waals surface area contributed by atoms with Crippen molar-refractivity contribution in [1.82, 2.24) is 19.8 Å². The number of hydrogen-bond donors (Lipinski definition) is 1. The standard InChI is InChI=1S/C11H7F2N5OS/c1-5-15-16-11-18(5)17-10(20-11)9(19)14-8-6(12)3-2-4-7(8)13/h2-4H,1H3,(H,14,19). The van der Waals surface area contributed by atoms with Gasteiger partial charge in [0, 0.05) is 0 Å². The molecule has 2 heterocycles. The average molecular weight is 295 g/mol. The molecule has 3 aromatic rings. The van der Waals surface area contributed by atoms with Crippen LogP contribution < -0.4 is 5.32 Å². The smallest absolute Gasteiger partial charge is 0.286 e. The van der Waals surface area contributed by atoms with Gasteiger partial charge >= 0.3 is 0 Å². The van der Waals surface area contributed by atoms with Crippen LogP contribution in [0.4, 0.5) is 14.5 Å². The SMILES string of the molecule is Cc1nnc2sc(C(=O)Nc3c(F)cccc3F)nn12. The van der Waals surface area contributed by atoms with Gasteiger partial charge in [0.2, 0.25) is 9.97 Å². The van der Waals surface area contributed by atoms with E-state index in [4.69, 9.17) is 0 Å². The minimum Gasteiger partial charge on any atom is -0.315 e. The first kappa shape index (κ1) is 12.6. The van der Waals surface area contributed by atoms with E-state index in [9.17, 15) is 13.6 Å². The summed E-state index contributed by atoms with van der Waals surface area (Å²) in [5.74, 6) is -1.88. The molecule has 0 aliphatic rings. The summed E-state index contributed by atoms with van der Waals surface area (Å²) >= 11 is 0.978. The lowest BCUT2D eigenvalue weighted by molar-refractivity contribution is 0.102. The second-order valence-electron chi connectivity index (χ2n) is 3.90. The van der Waals surface area contributed by atoms with Crippen molar-refractivity contribution >= 4 is 27.9 Å². The number of carbonyl (C=O) groups excluding carboxylic acids is 1. The van der Waals surface area contributed by atoms with E-state index in [1.807, 2.05) is 0 Å². The van der Waals surface area contributed by atoms with Crippen molar-refractivity contribution in [2.45, 2.75) is 6.92 Å². The minimum atomic E-state index is -0.850. The predicted molar refractivity (Wildman–Crippen MR) is 67.7 cm³/mol. The highest BCUT2D eigenvalue weighted by atomic mass is 32.1. The molecule has 6 nitrogen and oxygen atoms in total. The zero-order valence-corrected chi connectivity index (χ0v) is 10.9. The molecule has 0 spiro atoms. The molecule has 1 N–H and O–H groups in total. The van der Waals surface area contributed by atoms with Crippen LogP contribution in [0.15, 0.2) is 18.2 Å². The Bertz CT molecular complexity index is 792. The maximum Gasteiger partial charge on any atom is 0.286 e.